The Morgan fingerprint density at radius 1 is 1.03 bits per heavy atom. The Morgan fingerprint density at radius 2 is 1.81 bits per heavy atom. The minimum atomic E-state index is -0.895. The molecule has 3 rings (SSSR count). The highest BCUT2D eigenvalue weighted by molar-refractivity contribution is 5.72. The molecule has 0 saturated heterocycles. The maximum atomic E-state index is 11.1. The second-order valence-corrected chi connectivity index (χ2v) is 7.66. The van der Waals surface area contributed by atoms with Gasteiger partial charge in [-0.05, 0) is 52.6 Å². The van der Waals surface area contributed by atoms with E-state index in [0.29, 0.717) is 17.9 Å². The van der Waals surface area contributed by atoms with Gasteiger partial charge in [-0.3, -0.25) is 4.79 Å². The number of aliphatic hydroxyl groups is 1. The Balaban J connectivity index is 1.91. The molecule has 6 heteroatoms. The van der Waals surface area contributed by atoms with Crippen LogP contribution in [0.5, 0.6) is 5.75 Å². The first-order chi connectivity index (χ1) is 14.9. The van der Waals surface area contributed by atoms with Crippen LogP contribution in [0.1, 0.15) is 22.7 Å². The molecule has 0 aliphatic carbocycles. The second kappa shape index (κ2) is 10.1. The molecular weight excluding hydrogens is 392 g/mol. The molecule has 6 nitrogen and oxygen atoms in total. The molecule has 0 radical (unpaired) electrons. The van der Waals surface area contributed by atoms with Crippen LogP contribution in [0.25, 0.3) is 11.1 Å². The van der Waals surface area contributed by atoms with E-state index in [1.54, 1.807) is 18.2 Å². The number of para-hydroxylation sites is 1. The van der Waals surface area contributed by atoms with E-state index >= 15 is 0 Å². The summed E-state index contributed by atoms with van der Waals surface area (Å²) in [7, 11) is 3.95. The predicted molar refractivity (Wildman–Crippen MR) is 122 cm³/mol. The average Bonchev–Trinajstić information content (AvgIpc) is 2.77. The zero-order chi connectivity index (χ0) is 22.4. The van der Waals surface area contributed by atoms with Gasteiger partial charge in [0.05, 0.1) is 19.1 Å². The third kappa shape index (κ3) is 5.84. The number of rotatable bonds is 9. The highest BCUT2D eigenvalue weighted by Crippen LogP contribution is 2.29. The molecule has 4 N–H and O–H groups in total. The molecule has 0 aliphatic rings. The Kier molecular flexibility index (Phi) is 7.28. The van der Waals surface area contributed by atoms with Crippen molar-refractivity contribution in [2.24, 2.45) is 5.73 Å². The van der Waals surface area contributed by atoms with Crippen LogP contribution in [0.2, 0.25) is 0 Å². The van der Waals surface area contributed by atoms with Gasteiger partial charge in [0.25, 0.3) is 0 Å². The number of nitrogens with two attached hydrogens (primary N) is 1. The van der Waals surface area contributed by atoms with Gasteiger partial charge in [0.15, 0.2) is 0 Å². The molecule has 3 aromatic carbocycles. The van der Waals surface area contributed by atoms with Gasteiger partial charge >= 0.3 is 5.97 Å². The van der Waals surface area contributed by atoms with Crippen LogP contribution in [0.4, 0.5) is 5.69 Å². The molecule has 0 saturated carbocycles. The number of anilines is 1. The third-order valence-corrected chi connectivity index (χ3v) is 5.05. The molecule has 162 valence electrons. The molecular formula is C25H28N2O4. The lowest BCUT2D eigenvalue weighted by molar-refractivity contribution is -0.136. The molecule has 0 bridgehead atoms. The van der Waals surface area contributed by atoms with Crippen LogP contribution < -0.4 is 15.4 Å². The van der Waals surface area contributed by atoms with Crippen LogP contribution >= 0.6 is 0 Å². The smallest absolute Gasteiger partial charge is 0.307 e. The normalized spacial score (nSPS) is 11.7. The summed E-state index contributed by atoms with van der Waals surface area (Å²) in [6.07, 6.45) is -0.0862. The van der Waals surface area contributed by atoms with E-state index in [0.717, 1.165) is 27.9 Å². The van der Waals surface area contributed by atoms with Gasteiger partial charge in [0, 0.05) is 25.3 Å². The van der Waals surface area contributed by atoms with Crippen molar-refractivity contribution in [1.82, 2.24) is 0 Å². The molecule has 1 unspecified atom stereocenters. The second-order valence-electron chi connectivity index (χ2n) is 7.66. The van der Waals surface area contributed by atoms with E-state index in [4.69, 9.17) is 15.6 Å². The quantitative estimate of drug-likeness (QED) is 0.489. The molecule has 1 atom stereocenters. The molecule has 0 heterocycles. The zero-order valence-electron chi connectivity index (χ0n) is 17.8. The average molecular weight is 421 g/mol. The van der Waals surface area contributed by atoms with Crippen molar-refractivity contribution in [3.8, 4) is 16.9 Å². The maximum absolute atomic E-state index is 11.1. The van der Waals surface area contributed by atoms with Crippen molar-refractivity contribution in [3.63, 3.8) is 0 Å². The van der Waals surface area contributed by atoms with Gasteiger partial charge in [-0.15, -0.1) is 0 Å². The number of nitrogens with zero attached hydrogens (tertiary/aromatic N) is 1. The summed E-state index contributed by atoms with van der Waals surface area (Å²) in [5.74, 6) is -0.327. The summed E-state index contributed by atoms with van der Waals surface area (Å²) in [6, 6.07) is 20.8. The van der Waals surface area contributed by atoms with Gasteiger partial charge in [-0.25, -0.2) is 0 Å². The summed E-state index contributed by atoms with van der Waals surface area (Å²) in [6.45, 7) is 0.192. The number of carboxylic acid groups (broad SMARTS) is 1. The van der Waals surface area contributed by atoms with Crippen molar-refractivity contribution >= 4 is 11.7 Å². The number of hydrogen-bond acceptors (Lipinski definition) is 5. The lowest BCUT2D eigenvalue weighted by Crippen LogP contribution is -2.14. The van der Waals surface area contributed by atoms with Gasteiger partial charge in [0.1, 0.15) is 12.4 Å². The van der Waals surface area contributed by atoms with E-state index in [9.17, 15) is 9.90 Å². The van der Waals surface area contributed by atoms with E-state index < -0.39 is 12.0 Å². The summed E-state index contributed by atoms with van der Waals surface area (Å²) >= 11 is 0. The van der Waals surface area contributed by atoms with Crippen LogP contribution in [0.15, 0.2) is 66.7 Å². The summed E-state index contributed by atoms with van der Waals surface area (Å²) in [5.41, 5.74) is 11.5. The number of hydrogen-bond donors (Lipinski definition) is 3. The molecule has 0 fully saturated rings. The first-order valence-corrected chi connectivity index (χ1v) is 10.1. The van der Waals surface area contributed by atoms with E-state index in [1.165, 1.54) is 0 Å². The monoisotopic (exact) mass is 420 g/mol. The largest absolute Gasteiger partial charge is 0.489 e. The minimum absolute atomic E-state index is 0.0862. The van der Waals surface area contributed by atoms with Gasteiger partial charge < -0.3 is 25.6 Å². The first-order valence-electron chi connectivity index (χ1n) is 10.1. The van der Waals surface area contributed by atoms with E-state index in [-0.39, 0.29) is 13.0 Å². The van der Waals surface area contributed by atoms with Gasteiger partial charge in [-0.2, -0.15) is 0 Å². The first kappa shape index (κ1) is 22.3. The van der Waals surface area contributed by atoms with Crippen LogP contribution in [-0.4, -0.2) is 36.9 Å². The van der Waals surface area contributed by atoms with Crippen LogP contribution in [0.3, 0.4) is 0 Å². The number of carboxylic acids is 1. The Labute approximate surface area is 182 Å². The Bertz CT molecular complexity index is 1050. The van der Waals surface area contributed by atoms with Gasteiger partial charge in [0.2, 0.25) is 0 Å². The standard InChI is InChI=1S/C25H28N2O4/c1-27(2)22-11-17(16-31-24-9-4-3-6-20(24)14-25(29)30)10-21(13-22)18-7-5-8-19(12-18)23(26)15-28/h3-13,23,28H,14-16,26H2,1-2H3,(H,29,30). The predicted octanol–water partition coefficient (Wildman–Crippen LogP) is 3.62. The number of aliphatic carboxylic acids is 1. The SMILES string of the molecule is CN(C)c1cc(COc2ccccc2CC(=O)O)cc(-c2cccc(C(N)CO)c2)c1. The van der Waals surface area contributed by atoms with Crippen molar-refractivity contribution in [3.05, 3.63) is 83.4 Å². The molecule has 0 amide bonds. The van der Waals surface area contributed by atoms with E-state index in [1.807, 2.05) is 55.4 Å². The van der Waals surface area contributed by atoms with Crippen LogP contribution in [0, 0.1) is 0 Å². The highest BCUT2D eigenvalue weighted by Gasteiger charge is 2.11. The van der Waals surface area contributed by atoms with Gasteiger partial charge in [-0.1, -0.05) is 36.4 Å². The number of aliphatic hydroxyl groups excluding tert-OH is 1. The van der Waals surface area contributed by atoms with Crippen molar-refractivity contribution < 1.29 is 19.7 Å². The van der Waals surface area contributed by atoms with Crippen LogP contribution in [-0.2, 0) is 17.8 Å². The summed E-state index contributed by atoms with van der Waals surface area (Å²) in [5, 5.41) is 18.5. The molecule has 3 aromatic rings. The fourth-order valence-corrected chi connectivity index (χ4v) is 3.35. The number of carbonyl (C=O) groups is 1. The van der Waals surface area contributed by atoms with E-state index in [2.05, 4.69) is 12.1 Å². The van der Waals surface area contributed by atoms with Crippen molar-refractivity contribution in [2.75, 3.05) is 25.6 Å². The minimum Gasteiger partial charge on any atom is -0.489 e. The summed E-state index contributed by atoms with van der Waals surface area (Å²) in [4.78, 5) is 13.2. The third-order valence-electron chi connectivity index (χ3n) is 5.05. The number of benzene rings is 3. The Hall–Kier alpha value is -3.35. The highest BCUT2D eigenvalue weighted by atomic mass is 16.5. The zero-order valence-corrected chi connectivity index (χ0v) is 17.8. The molecule has 0 spiro atoms. The Morgan fingerprint density at radius 3 is 2.52 bits per heavy atom. The van der Waals surface area contributed by atoms with Crippen molar-refractivity contribution in [1.29, 1.82) is 0 Å². The number of ether oxygens (including phenoxy) is 1. The topological polar surface area (TPSA) is 96.0 Å². The molecule has 31 heavy (non-hydrogen) atoms. The lowest BCUT2D eigenvalue weighted by atomic mass is 9.98. The fraction of sp³-hybridized carbons (Fsp3) is 0.240. The molecule has 0 aliphatic heterocycles. The maximum Gasteiger partial charge on any atom is 0.307 e. The molecule has 0 aromatic heterocycles. The van der Waals surface area contributed by atoms with Crippen molar-refractivity contribution in [2.45, 2.75) is 19.1 Å². The summed E-state index contributed by atoms with van der Waals surface area (Å²) < 4.78 is 5.99. The lowest BCUT2D eigenvalue weighted by Gasteiger charge is -2.18. The fourth-order valence-electron chi connectivity index (χ4n) is 3.35.